The van der Waals surface area contributed by atoms with Crippen LogP contribution in [0.3, 0.4) is 0 Å². The molecule has 8 heteroatoms. The molecule has 0 spiro atoms. The van der Waals surface area contributed by atoms with Gasteiger partial charge in [-0.05, 0) is 37.3 Å². The van der Waals surface area contributed by atoms with Crippen molar-refractivity contribution in [2.45, 2.75) is 17.1 Å². The van der Waals surface area contributed by atoms with E-state index in [1.807, 2.05) is 30.5 Å². The molecule has 2 N–H and O–H groups in total. The van der Waals surface area contributed by atoms with E-state index in [4.69, 9.17) is 0 Å². The van der Waals surface area contributed by atoms with Crippen molar-refractivity contribution in [3.8, 4) is 11.3 Å². The Morgan fingerprint density at radius 3 is 3.00 bits per heavy atom. The van der Waals surface area contributed by atoms with Crippen LogP contribution in [0.4, 0.5) is 10.8 Å². The van der Waals surface area contributed by atoms with Crippen molar-refractivity contribution in [2.75, 3.05) is 10.6 Å². The van der Waals surface area contributed by atoms with Gasteiger partial charge in [0.25, 0.3) is 5.91 Å². The summed E-state index contributed by atoms with van der Waals surface area (Å²) in [6, 6.07) is 9.05. The summed E-state index contributed by atoms with van der Waals surface area (Å²) in [6.45, 7) is 1.85. The zero-order chi connectivity index (χ0) is 18.1. The number of benzene rings is 1. The van der Waals surface area contributed by atoms with Crippen LogP contribution in [0.25, 0.3) is 11.3 Å². The average molecular weight is 382 g/mol. The fourth-order valence-corrected chi connectivity index (χ4v) is 4.14. The van der Waals surface area contributed by atoms with Crippen LogP contribution in [0.15, 0.2) is 53.0 Å². The van der Waals surface area contributed by atoms with Crippen LogP contribution >= 0.6 is 23.1 Å². The number of pyridine rings is 1. The molecule has 0 saturated heterocycles. The molecule has 0 aliphatic carbocycles. The second-order valence-corrected chi connectivity index (χ2v) is 7.93. The van der Waals surface area contributed by atoms with Gasteiger partial charge in [0.2, 0.25) is 5.91 Å². The molecule has 0 radical (unpaired) electrons. The summed E-state index contributed by atoms with van der Waals surface area (Å²) in [4.78, 5) is 33.8. The minimum absolute atomic E-state index is 0.0545. The molecule has 3 heterocycles. The van der Waals surface area contributed by atoms with Gasteiger partial charge in [0.15, 0.2) is 5.13 Å². The van der Waals surface area contributed by atoms with Crippen molar-refractivity contribution in [3.05, 3.63) is 53.7 Å². The molecule has 130 valence electrons. The zero-order valence-corrected chi connectivity index (χ0v) is 15.4. The van der Waals surface area contributed by atoms with Gasteiger partial charge >= 0.3 is 0 Å². The first-order valence-electron chi connectivity index (χ1n) is 7.89. The highest BCUT2D eigenvalue weighted by Crippen LogP contribution is 2.36. The van der Waals surface area contributed by atoms with Gasteiger partial charge in [-0.2, -0.15) is 0 Å². The van der Waals surface area contributed by atoms with Crippen LogP contribution in [-0.2, 0) is 4.79 Å². The molecule has 2 aromatic heterocycles. The lowest BCUT2D eigenvalue weighted by molar-refractivity contribution is -0.115. The number of thioether (sulfide) groups is 1. The molecule has 0 saturated carbocycles. The van der Waals surface area contributed by atoms with Crippen molar-refractivity contribution >= 4 is 45.7 Å². The molecule has 2 amide bonds. The summed E-state index contributed by atoms with van der Waals surface area (Å²) in [5.74, 6) is -0.321. The minimum Gasteiger partial charge on any atom is -0.324 e. The smallest absolute Gasteiger partial charge is 0.257 e. The van der Waals surface area contributed by atoms with E-state index in [1.165, 1.54) is 23.1 Å². The third-order valence-corrected chi connectivity index (χ3v) is 5.79. The number of nitrogens with zero attached hydrogens (tertiary/aromatic N) is 2. The number of aromatic nitrogens is 2. The SMILES string of the molecule is C[C@H]1Sc2ccc(C(=O)Nc3nc(-c4cccnc4)cs3)cc2NC1=O. The average Bonchev–Trinajstić information content (AvgIpc) is 3.11. The number of carbonyl (C=O) groups is 2. The number of anilines is 2. The van der Waals surface area contributed by atoms with Gasteiger partial charge in [0, 0.05) is 33.8 Å². The summed E-state index contributed by atoms with van der Waals surface area (Å²) < 4.78 is 0. The number of amides is 2. The van der Waals surface area contributed by atoms with Crippen LogP contribution < -0.4 is 10.6 Å². The second kappa shape index (κ2) is 6.89. The van der Waals surface area contributed by atoms with E-state index in [2.05, 4.69) is 20.6 Å². The Hall–Kier alpha value is -2.71. The second-order valence-electron chi connectivity index (χ2n) is 5.69. The van der Waals surface area contributed by atoms with E-state index in [1.54, 1.807) is 24.5 Å². The predicted molar refractivity (Wildman–Crippen MR) is 104 cm³/mol. The van der Waals surface area contributed by atoms with E-state index in [0.717, 1.165) is 16.2 Å². The number of thiazole rings is 1. The molecular formula is C18H14N4O2S2. The number of hydrogen-bond acceptors (Lipinski definition) is 6. The van der Waals surface area contributed by atoms with Gasteiger partial charge in [-0.1, -0.05) is 0 Å². The maximum Gasteiger partial charge on any atom is 0.257 e. The van der Waals surface area contributed by atoms with Gasteiger partial charge < -0.3 is 5.32 Å². The highest BCUT2D eigenvalue weighted by molar-refractivity contribution is 8.00. The molecular weight excluding hydrogens is 368 g/mol. The van der Waals surface area contributed by atoms with Crippen LogP contribution in [0, 0.1) is 0 Å². The van der Waals surface area contributed by atoms with Crippen molar-refractivity contribution in [1.29, 1.82) is 0 Å². The van der Waals surface area contributed by atoms with E-state index >= 15 is 0 Å². The number of nitrogens with one attached hydrogen (secondary N) is 2. The van der Waals surface area contributed by atoms with E-state index in [-0.39, 0.29) is 17.1 Å². The first-order chi connectivity index (χ1) is 12.6. The summed E-state index contributed by atoms with van der Waals surface area (Å²) >= 11 is 2.84. The molecule has 0 unspecified atom stereocenters. The Labute approximate surface area is 158 Å². The van der Waals surface area contributed by atoms with Crippen LogP contribution in [0.2, 0.25) is 0 Å². The van der Waals surface area contributed by atoms with Crippen LogP contribution in [0.1, 0.15) is 17.3 Å². The van der Waals surface area contributed by atoms with E-state index in [0.29, 0.717) is 16.4 Å². The van der Waals surface area contributed by atoms with Crippen molar-refractivity contribution in [3.63, 3.8) is 0 Å². The summed E-state index contributed by atoms with van der Waals surface area (Å²) in [7, 11) is 0. The molecule has 1 aliphatic heterocycles. The van der Waals surface area contributed by atoms with E-state index in [9.17, 15) is 9.59 Å². The standard InChI is InChI=1S/C18H14N4O2S2/c1-10-16(23)20-13-7-11(4-5-15(13)26-10)17(24)22-18-21-14(9-25-18)12-3-2-6-19-8-12/h2-10H,1H3,(H,20,23)(H,21,22,24)/t10-/m1/s1. The first kappa shape index (κ1) is 16.7. The summed E-state index contributed by atoms with van der Waals surface area (Å²) in [5.41, 5.74) is 2.80. The fourth-order valence-electron chi connectivity index (χ4n) is 2.50. The highest BCUT2D eigenvalue weighted by Gasteiger charge is 2.23. The molecule has 1 aliphatic rings. The number of hydrogen-bond donors (Lipinski definition) is 2. The number of rotatable bonds is 3. The Morgan fingerprint density at radius 1 is 1.31 bits per heavy atom. The summed E-state index contributed by atoms with van der Waals surface area (Å²) in [5, 5.41) is 7.89. The lowest BCUT2D eigenvalue weighted by atomic mass is 10.2. The maximum absolute atomic E-state index is 12.5. The van der Waals surface area contributed by atoms with Crippen molar-refractivity contribution in [1.82, 2.24) is 9.97 Å². The normalized spacial score (nSPS) is 15.9. The zero-order valence-electron chi connectivity index (χ0n) is 13.7. The first-order valence-corrected chi connectivity index (χ1v) is 9.65. The molecule has 4 rings (SSSR count). The quantitative estimate of drug-likeness (QED) is 0.718. The van der Waals surface area contributed by atoms with Crippen LogP contribution in [0.5, 0.6) is 0 Å². The van der Waals surface area contributed by atoms with Crippen molar-refractivity contribution < 1.29 is 9.59 Å². The number of carbonyl (C=O) groups excluding carboxylic acids is 2. The van der Waals surface area contributed by atoms with Crippen LogP contribution in [-0.4, -0.2) is 27.0 Å². The van der Waals surface area contributed by atoms with Gasteiger partial charge in [0.05, 0.1) is 16.6 Å². The monoisotopic (exact) mass is 382 g/mol. The maximum atomic E-state index is 12.5. The third-order valence-electron chi connectivity index (χ3n) is 3.85. The molecule has 0 bridgehead atoms. The summed E-state index contributed by atoms with van der Waals surface area (Å²) in [6.07, 6.45) is 3.43. The van der Waals surface area contributed by atoms with Gasteiger partial charge in [-0.25, -0.2) is 4.98 Å². The largest absolute Gasteiger partial charge is 0.324 e. The lowest BCUT2D eigenvalue weighted by Crippen LogP contribution is -2.26. The third kappa shape index (κ3) is 3.33. The van der Waals surface area contributed by atoms with Gasteiger partial charge in [-0.3, -0.25) is 19.9 Å². The topological polar surface area (TPSA) is 84.0 Å². The highest BCUT2D eigenvalue weighted by atomic mass is 32.2. The number of fused-ring (bicyclic) bond motifs is 1. The molecule has 6 nitrogen and oxygen atoms in total. The Morgan fingerprint density at radius 2 is 2.19 bits per heavy atom. The minimum atomic E-state index is -0.266. The van der Waals surface area contributed by atoms with E-state index < -0.39 is 0 Å². The Bertz CT molecular complexity index is 988. The molecule has 26 heavy (non-hydrogen) atoms. The van der Waals surface area contributed by atoms with Crippen molar-refractivity contribution in [2.24, 2.45) is 0 Å². The molecule has 1 aromatic carbocycles. The fraction of sp³-hybridized carbons (Fsp3) is 0.111. The van der Waals surface area contributed by atoms with Gasteiger partial charge in [0.1, 0.15) is 0 Å². The Balaban J connectivity index is 1.52. The molecule has 1 atom stereocenters. The van der Waals surface area contributed by atoms with Gasteiger partial charge in [-0.15, -0.1) is 23.1 Å². The Kier molecular flexibility index (Phi) is 4.44. The molecule has 0 fully saturated rings. The predicted octanol–water partition coefficient (Wildman–Crippen LogP) is 3.89. The lowest BCUT2D eigenvalue weighted by Gasteiger charge is -2.21. The molecule has 3 aromatic rings.